The number of imidazole rings is 1. The second-order valence-corrected chi connectivity index (χ2v) is 4.28. The number of hydrogen-bond acceptors (Lipinski definition) is 3. The van der Waals surface area contributed by atoms with Crippen molar-refractivity contribution in [1.82, 2.24) is 9.55 Å². The van der Waals surface area contributed by atoms with Gasteiger partial charge >= 0.3 is 5.97 Å². The van der Waals surface area contributed by atoms with Crippen molar-refractivity contribution in [3.63, 3.8) is 0 Å². The van der Waals surface area contributed by atoms with Gasteiger partial charge in [-0.05, 0) is 12.1 Å². The molecule has 0 unspecified atom stereocenters. The van der Waals surface area contributed by atoms with Crippen molar-refractivity contribution in [2.24, 2.45) is 0 Å². The topological polar surface area (TPSA) is 58.4 Å². The SMILES string of the molecule is O=C(O)c1ccccc1N1CCn2ccnc2C1. The molecule has 0 saturated carbocycles. The van der Waals surface area contributed by atoms with E-state index in [9.17, 15) is 9.90 Å². The summed E-state index contributed by atoms with van der Waals surface area (Å²) in [4.78, 5) is 17.6. The van der Waals surface area contributed by atoms with Crippen LogP contribution >= 0.6 is 0 Å². The fourth-order valence-electron chi connectivity index (χ4n) is 2.31. The van der Waals surface area contributed by atoms with E-state index in [2.05, 4.69) is 14.5 Å². The lowest BCUT2D eigenvalue weighted by Gasteiger charge is -2.30. The van der Waals surface area contributed by atoms with Crippen molar-refractivity contribution < 1.29 is 9.90 Å². The fourth-order valence-corrected chi connectivity index (χ4v) is 2.31. The molecule has 1 aliphatic heterocycles. The van der Waals surface area contributed by atoms with Crippen molar-refractivity contribution in [3.05, 3.63) is 48.0 Å². The summed E-state index contributed by atoms with van der Waals surface area (Å²) < 4.78 is 2.10. The quantitative estimate of drug-likeness (QED) is 0.870. The number of carboxylic acids is 1. The molecule has 18 heavy (non-hydrogen) atoms. The van der Waals surface area contributed by atoms with Crippen LogP contribution < -0.4 is 4.90 Å². The number of rotatable bonds is 2. The maximum absolute atomic E-state index is 11.2. The molecule has 1 N–H and O–H groups in total. The molecule has 0 bridgehead atoms. The largest absolute Gasteiger partial charge is 0.478 e. The zero-order valence-electron chi connectivity index (χ0n) is 9.78. The third kappa shape index (κ3) is 1.73. The summed E-state index contributed by atoms with van der Waals surface area (Å²) in [5.74, 6) is 0.0842. The summed E-state index contributed by atoms with van der Waals surface area (Å²) >= 11 is 0. The smallest absolute Gasteiger partial charge is 0.337 e. The molecular weight excluding hydrogens is 230 g/mol. The van der Waals surface area contributed by atoms with Crippen molar-refractivity contribution in [2.75, 3.05) is 11.4 Å². The summed E-state index contributed by atoms with van der Waals surface area (Å²) in [5, 5.41) is 9.20. The molecule has 0 amide bonds. The van der Waals surface area contributed by atoms with E-state index in [0.717, 1.165) is 24.6 Å². The Morgan fingerprint density at radius 1 is 1.28 bits per heavy atom. The number of para-hydroxylation sites is 1. The Bertz CT molecular complexity index is 591. The van der Waals surface area contributed by atoms with Gasteiger partial charge in [-0.2, -0.15) is 0 Å². The van der Waals surface area contributed by atoms with E-state index in [4.69, 9.17) is 0 Å². The number of anilines is 1. The summed E-state index contributed by atoms with van der Waals surface area (Å²) in [6.45, 7) is 2.29. The second-order valence-electron chi connectivity index (χ2n) is 4.28. The first-order chi connectivity index (χ1) is 8.75. The molecule has 1 aliphatic rings. The van der Waals surface area contributed by atoms with Crippen LogP contribution in [0.15, 0.2) is 36.7 Å². The van der Waals surface area contributed by atoms with Crippen LogP contribution in [0, 0.1) is 0 Å². The van der Waals surface area contributed by atoms with Crippen LogP contribution in [0.4, 0.5) is 5.69 Å². The molecular formula is C13H13N3O2. The first kappa shape index (κ1) is 10.8. The van der Waals surface area contributed by atoms with Crippen molar-refractivity contribution in [2.45, 2.75) is 13.1 Å². The molecule has 5 nitrogen and oxygen atoms in total. The Balaban J connectivity index is 1.95. The second kappa shape index (κ2) is 4.18. The molecule has 1 aromatic heterocycles. The zero-order valence-corrected chi connectivity index (χ0v) is 9.78. The maximum atomic E-state index is 11.2. The molecule has 0 aliphatic carbocycles. The summed E-state index contributed by atoms with van der Waals surface area (Å²) in [5.41, 5.74) is 1.11. The monoisotopic (exact) mass is 243 g/mol. The average molecular weight is 243 g/mol. The van der Waals surface area contributed by atoms with Gasteiger partial charge in [-0.1, -0.05) is 12.1 Å². The average Bonchev–Trinajstić information content (AvgIpc) is 2.85. The predicted octanol–water partition coefficient (Wildman–Crippen LogP) is 1.60. The van der Waals surface area contributed by atoms with Gasteiger partial charge in [0.2, 0.25) is 0 Å². The van der Waals surface area contributed by atoms with Gasteiger partial charge in [-0.25, -0.2) is 9.78 Å². The Morgan fingerprint density at radius 3 is 2.94 bits per heavy atom. The highest BCUT2D eigenvalue weighted by atomic mass is 16.4. The minimum Gasteiger partial charge on any atom is -0.478 e. The van der Waals surface area contributed by atoms with Gasteiger partial charge < -0.3 is 14.6 Å². The van der Waals surface area contributed by atoms with Gasteiger partial charge in [0, 0.05) is 25.5 Å². The van der Waals surface area contributed by atoms with E-state index in [1.807, 2.05) is 18.3 Å². The van der Waals surface area contributed by atoms with Gasteiger partial charge in [0.25, 0.3) is 0 Å². The van der Waals surface area contributed by atoms with E-state index >= 15 is 0 Å². The number of benzene rings is 1. The van der Waals surface area contributed by atoms with Gasteiger partial charge in [-0.15, -0.1) is 0 Å². The molecule has 2 aromatic rings. The molecule has 0 spiro atoms. The molecule has 5 heteroatoms. The highest BCUT2D eigenvalue weighted by Crippen LogP contribution is 2.24. The molecule has 0 atom stereocenters. The van der Waals surface area contributed by atoms with Crippen LogP contribution in [0.2, 0.25) is 0 Å². The number of aromatic carboxylic acids is 1. The summed E-state index contributed by atoms with van der Waals surface area (Å²) in [6.07, 6.45) is 3.73. The standard InChI is InChI=1S/C13H13N3O2/c17-13(18)10-3-1-2-4-11(10)16-8-7-15-6-5-14-12(15)9-16/h1-6H,7-9H2,(H,17,18). The summed E-state index contributed by atoms with van der Waals surface area (Å²) in [6, 6.07) is 7.10. The molecule has 92 valence electrons. The number of fused-ring (bicyclic) bond motifs is 1. The van der Waals surface area contributed by atoms with Gasteiger partial charge in [-0.3, -0.25) is 0 Å². The first-order valence-electron chi connectivity index (χ1n) is 5.83. The predicted molar refractivity (Wildman–Crippen MR) is 66.7 cm³/mol. The molecule has 0 saturated heterocycles. The number of nitrogens with zero attached hydrogens (tertiary/aromatic N) is 3. The lowest BCUT2D eigenvalue weighted by atomic mass is 10.1. The van der Waals surface area contributed by atoms with Gasteiger partial charge in [0.05, 0.1) is 17.8 Å². The number of hydrogen-bond donors (Lipinski definition) is 1. The number of aromatic nitrogens is 2. The lowest BCUT2D eigenvalue weighted by Crippen LogP contribution is -2.34. The molecule has 0 radical (unpaired) electrons. The van der Waals surface area contributed by atoms with E-state index in [0.29, 0.717) is 12.1 Å². The Morgan fingerprint density at radius 2 is 2.11 bits per heavy atom. The van der Waals surface area contributed by atoms with E-state index in [1.54, 1.807) is 18.3 Å². The third-order valence-corrected chi connectivity index (χ3v) is 3.22. The highest BCUT2D eigenvalue weighted by Gasteiger charge is 2.20. The highest BCUT2D eigenvalue weighted by molar-refractivity contribution is 5.94. The molecule has 2 heterocycles. The van der Waals surface area contributed by atoms with E-state index in [1.165, 1.54) is 0 Å². The van der Waals surface area contributed by atoms with Crippen LogP contribution in [0.5, 0.6) is 0 Å². The van der Waals surface area contributed by atoms with Crippen molar-refractivity contribution in [3.8, 4) is 0 Å². The van der Waals surface area contributed by atoms with Crippen molar-refractivity contribution >= 4 is 11.7 Å². The molecule has 1 aromatic carbocycles. The lowest BCUT2D eigenvalue weighted by molar-refractivity contribution is 0.0697. The van der Waals surface area contributed by atoms with Gasteiger partial charge in [0.1, 0.15) is 5.82 Å². The van der Waals surface area contributed by atoms with Crippen LogP contribution in [-0.4, -0.2) is 27.2 Å². The van der Waals surface area contributed by atoms with Crippen LogP contribution in [-0.2, 0) is 13.1 Å². The zero-order chi connectivity index (χ0) is 12.5. The first-order valence-corrected chi connectivity index (χ1v) is 5.83. The normalized spacial score (nSPS) is 14.3. The van der Waals surface area contributed by atoms with Crippen LogP contribution in [0.3, 0.4) is 0 Å². The van der Waals surface area contributed by atoms with E-state index < -0.39 is 5.97 Å². The number of carboxylic acid groups (broad SMARTS) is 1. The molecule has 0 fully saturated rings. The summed E-state index contributed by atoms with van der Waals surface area (Å²) in [7, 11) is 0. The maximum Gasteiger partial charge on any atom is 0.337 e. The molecule has 3 rings (SSSR count). The minimum atomic E-state index is -0.889. The Hall–Kier alpha value is -2.30. The van der Waals surface area contributed by atoms with Crippen LogP contribution in [0.25, 0.3) is 0 Å². The van der Waals surface area contributed by atoms with Crippen molar-refractivity contribution in [1.29, 1.82) is 0 Å². The van der Waals surface area contributed by atoms with Crippen LogP contribution in [0.1, 0.15) is 16.2 Å². The Labute approximate surface area is 104 Å². The third-order valence-electron chi connectivity index (χ3n) is 3.22. The number of carbonyl (C=O) groups is 1. The minimum absolute atomic E-state index is 0.345. The Kier molecular flexibility index (Phi) is 2.51. The van der Waals surface area contributed by atoms with Gasteiger partial charge in [0.15, 0.2) is 0 Å². The van der Waals surface area contributed by atoms with E-state index in [-0.39, 0.29) is 0 Å². The fraction of sp³-hybridized carbons (Fsp3) is 0.231.